The number of hydrogen-bond acceptors (Lipinski definition) is 3. The van der Waals surface area contributed by atoms with Gasteiger partial charge in [0.25, 0.3) is 0 Å². The van der Waals surface area contributed by atoms with Crippen LogP contribution in [-0.2, 0) is 0 Å². The van der Waals surface area contributed by atoms with Crippen molar-refractivity contribution in [1.29, 1.82) is 0 Å². The predicted molar refractivity (Wildman–Crippen MR) is 88.1 cm³/mol. The van der Waals surface area contributed by atoms with E-state index in [2.05, 4.69) is 59.0 Å². The first-order valence-electron chi connectivity index (χ1n) is 7.09. The van der Waals surface area contributed by atoms with Crippen LogP contribution in [0.15, 0.2) is 54.9 Å². The van der Waals surface area contributed by atoms with E-state index in [0.29, 0.717) is 0 Å². The number of rotatable bonds is 8. The molecule has 1 aromatic carbocycles. The molecule has 1 atom stereocenters. The molecule has 106 valence electrons. The number of benzene rings is 1. The average Bonchev–Trinajstić information content (AvgIpc) is 2.53. The van der Waals surface area contributed by atoms with Gasteiger partial charge >= 0.3 is 0 Å². The first-order valence-corrected chi connectivity index (χ1v) is 8.48. The van der Waals surface area contributed by atoms with Crippen LogP contribution >= 0.6 is 11.8 Å². The summed E-state index contributed by atoms with van der Waals surface area (Å²) in [5, 5.41) is 3.67. The average molecular weight is 286 g/mol. The van der Waals surface area contributed by atoms with E-state index in [1.807, 2.05) is 24.2 Å². The third kappa shape index (κ3) is 4.66. The molecule has 2 nitrogen and oxygen atoms in total. The lowest BCUT2D eigenvalue weighted by Gasteiger charge is -2.19. The van der Waals surface area contributed by atoms with Gasteiger partial charge in [-0.15, -0.1) is 0 Å². The number of hydrogen-bond donors (Lipinski definition) is 1. The van der Waals surface area contributed by atoms with Crippen LogP contribution in [0.1, 0.15) is 30.0 Å². The summed E-state index contributed by atoms with van der Waals surface area (Å²) in [6.45, 7) is 1.04. The SMILES string of the molecule is CSCCCCNC(c1ccccc1)c1ccncc1. The first-order chi connectivity index (χ1) is 9.92. The lowest BCUT2D eigenvalue weighted by Crippen LogP contribution is -2.23. The lowest BCUT2D eigenvalue weighted by atomic mass is 9.99. The van der Waals surface area contributed by atoms with Crippen molar-refractivity contribution in [3.05, 3.63) is 66.0 Å². The minimum atomic E-state index is 0.258. The Hall–Kier alpha value is -1.32. The maximum atomic E-state index is 4.11. The van der Waals surface area contributed by atoms with E-state index >= 15 is 0 Å². The van der Waals surface area contributed by atoms with Crippen molar-refractivity contribution in [2.24, 2.45) is 0 Å². The largest absolute Gasteiger partial charge is 0.306 e. The molecule has 0 saturated carbocycles. The smallest absolute Gasteiger partial charge is 0.0577 e. The summed E-state index contributed by atoms with van der Waals surface area (Å²) >= 11 is 1.92. The monoisotopic (exact) mass is 286 g/mol. The van der Waals surface area contributed by atoms with Crippen LogP contribution in [0, 0.1) is 0 Å². The summed E-state index contributed by atoms with van der Waals surface area (Å²) in [4.78, 5) is 4.11. The van der Waals surface area contributed by atoms with Crippen LogP contribution in [0.3, 0.4) is 0 Å². The Balaban J connectivity index is 2.02. The summed E-state index contributed by atoms with van der Waals surface area (Å²) in [6.07, 6.45) is 8.37. The van der Waals surface area contributed by atoms with E-state index in [1.165, 1.54) is 29.7 Å². The Morgan fingerprint density at radius 2 is 1.70 bits per heavy atom. The quantitative estimate of drug-likeness (QED) is 0.745. The molecule has 1 aromatic heterocycles. The molecule has 0 radical (unpaired) electrons. The van der Waals surface area contributed by atoms with Crippen LogP contribution in [0.2, 0.25) is 0 Å². The van der Waals surface area contributed by atoms with Gasteiger partial charge in [-0.25, -0.2) is 0 Å². The van der Waals surface area contributed by atoms with E-state index in [-0.39, 0.29) is 6.04 Å². The van der Waals surface area contributed by atoms with E-state index in [4.69, 9.17) is 0 Å². The summed E-state index contributed by atoms with van der Waals surface area (Å²) in [6, 6.07) is 15.1. The minimum absolute atomic E-state index is 0.258. The van der Waals surface area contributed by atoms with Crippen molar-refractivity contribution in [3.63, 3.8) is 0 Å². The first kappa shape index (κ1) is 15.1. The molecule has 0 saturated heterocycles. The molecular weight excluding hydrogens is 264 g/mol. The normalized spacial score (nSPS) is 12.2. The third-order valence-electron chi connectivity index (χ3n) is 3.30. The molecule has 3 heteroatoms. The van der Waals surface area contributed by atoms with Gasteiger partial charge in [-0.1, -0.05) is 30.3 Å². The van der Waals surface area contributed by atoms with Crippen molar-refractivity contribution in [1.82, 2.24) is 10.3 Å². The fourth-order valence-corrected chi connectivity index (χ4v) is 2.74. The molecule has 20 heavy (non-hydrogen) atoms. The second-order valence-corrected chi connectivity index (χ2v) is 5.76. The van der Waals surface area contributed by atoms with Crippen LogP contribution in [-0.4, -0.2) is 23.5 Å². The van der Waals surface area contributed by atoms with E-state index < -0.39 is 0 Å². The zero-order valence-electron chi connectivity index (χ0n) is 12.0. The Morgan fingerprint density at radius 1 is 1.00 bits per heavy atom. The molecular formula is C17H22N2S. The molecule has 1 unspecified atom stereocenters. The summed E-state index contributed by atoms with van der Waals surface area (Å²) in [7, 11) is 0. The maximum absolute atomic E-state index is 4.11. The summed E-state index contributed by atoms with van der Waals surface area (Å²) < 4.78 is 0. The molecule has 0 aliphatic rings. The molecule has 2 rings (SSSR count). The molecule has 0 spiro atoms. The number of thioether (sulfide) groups is 1. The Morgan fingerprint density at radius 3 is 2.40 bits per heavy atom. The van der Waals surface area contributed by atoms with Gasteiger partial charge < -0.3 is 5.32 Å². The fourth-order valence-electron chi connectivity index (χ4n) is 2.25. The minimum Gasteiger partial charge on any atom is -0.306 e. The van der Waals surface area contributed by atoms with Crippen molar-refractivity contribution < 1.29 is 0 Å². The Kier molecular flexibility index (Phi) is 6.61. The molecule has 0 amide bonds. The van der Waals surface area contributed by atoms with Gasteiger partial charge in [0.2, 0.25) is 0 Å². The van der Waals surface area contributed by atoms with Crippen molar-refractivity contribution in [3.8, 4) is 0 Å². The highest BCUT2D eigenvalue weighted by Gasteiger charge is 2.12. The second-order valence-electron chi connectivity index (χ2n) is 4.78. The number of unbranched alkanes of at least 4 members (excludes halogenated alkanes) is 1. The molecule has 1 heterocycles. The van der Waals surface area contributed by atoms with Crippen LogP contribution in [0.4, 0.5) is 0 Å². The van der Waals surface area contributed by atoms with Gasteiger partial charge in [-0.05, 0) is 54.7 Å². The maximum Gasteiger partial charge on any atom is 0.0577 e. The molecule has 0 aliphatic carbocycles. The summed E-state index contributed by atoms with van der Waals surface area (Å²) in [5.74, 6) is 1.24. The van der Waals surface area contributed by atoms with Gasteiger partial charge in [-0.2, -0.15) is 11.8 Å². The highest BCUT2D eigenvalue weighted by atomic mass is 32.2. The number of nitrogens with one attached hydrogen (secondary N) is 1. The third-order valence-corrected chi connectivity index (χ3v) is 3.99. The van der Waals surface area contributed by atoms with Crippen LogP contribution < -0.4 is 5.32 Å². The summed E-state index contributed by atoms with van der Waals surface area (Å²) in [5.41, 5.74) is 2.58. The van der Waals surface area contributed by atoms with Crippen molar-refractivity contribution in [2.75, 3.05) is 18.6 Å². The van der Waals surface area contributed by atoms with E-state index in [1.54, 1.807) is 0 Å². The fraction of sp³-hybridized carbons (Fsp3) is 0.353. The standard InChI is InChI=1S/C17H22N2S/c1-20-14-6-5-11-19-17(15-7-3-2-4-8-15)16-9-12-18-13-10-16/h2-4,7-10,12-13,17,19H,5-6,11,14H2,1H3. The zero-order chi connectivity index (χ0) is 14.0. The Labute approximate surface area is 126 Å². The van der Waals surface area contributed by atoms with Gasteiger partial charge in [0.05, 0.1) is 6.04 Å². The predicted octanol–water partition coefficient (Wildman–Crippen LogP) is 3.90. The molecule has 0 bridgehead atoms. The van der Waals surface area contributed by atoms with E-state index in [0.717, 1.165) is 6.54 Å². The van der Waals surface area contributed by atoms with E-state index in [9.17, 15) is 0 Å². The van der Waals surface area contributed by atoms with Gasteiger partial charge in [-0.3, -0.25) is 4.98 Å². The Bertz CT molecular complexity index is 433. The van der Waals surface area contributed by atoms with Crippen molar-refractivity contribution >= 4 is 11.8 Å². The number of aromatic nitrogens is 1. The van der Waals surface area contributed by atoms with Gasteiger partial charge in [0.15, 0.2) is 0 Å². The molecule has 2 aromatic rings. The van der Waals surface area contributed by atoms with Gasteiger partial charge in [0.1, 0.15) is 0 Å². The molecule has 0 aliphatic heterocycles. The second kappa shape index (κ2) is 8.77. The zero-order valence-corrected chi connectivity index (χ0v) is 12.8. The lowest BCUT2D eigenvalue weighted by molar-refractivity contribution is 0.580. The number of nitrogens with zero attached hydrogens (tertiary/aromatic N) is 1. The van der Waals surface area contributed by atoms with Gasteiger partial charge in [0, 0.05) is 12.4 Å². The van der Waals surface area contributed by atoms with Crippen LogP contribution in [0.25, 0.3) is 0 Å². The van der Waals surface area contributed by atoms with Crippen LogP contribution in [0.5, 0.6) is 0 Å². The molecule has 1 N–H and O–H groups in total. The number of pyridine rings is 1. The highest BCUT2D eigenvalue weighted by molar-refractivity contribution is 7.98. The molecule has 0 fully saturated rings. The topological polar surface area (TPSA) is 24.9 Å². The highest BCUT2D eigenvalue weighted by Crippen LogP contribution is 2.21. The van der Waals surface area contributed by atoms with Crippen molar-refractivity contribution in [2.45, 2.75) is 18.9 Å².